The first-order valence-electron chi connectivity index (χ1n) is 5.02. The van der Waals surface area contributed by atoms with E-state index in [-0.39, 0.29) is 18.7 Å². The second kappa shape index (κ2) is 7.49. The van der Waals surface area contributed by atoms with Crippen molar-refractivity contribution in [2.24, 2.45) is 5.73 Å². The highest BCUT2D eigenvalue weighted by Crippen LogP contribution is 1.97. The van der Waals surface area contributed by atoms with Crippen LogP contribution in [0.1, 0.15) is 26.2 Å². The quantitative estimate of drug-likeness (QED) is 0.437. The molecule has 0 saturated heterocycles. The number of nitrogens with two attached hydrogens (primary N) is 1. The molecule has 0 aliphatic rings. The second-order valence-electron chi connectivity index (χ2n) is 3.25. The lowest BCUT2D eigenvalue weighted by Crippen LogP contribution is -2.41. The van der Waals surface area contributed by atoms with E-state index in [9.17, 15) is 14.4 Å². The number of carboxylic acids is 1. The number of carbonyl (C=O) groups is 3. The molecule has 0 heterocycles. The topological polar surface area (TPSA) is 122 Å². The maximum absolute atomic E-state index is 11.0. The molecule has 0 aromatic rings. The predicted molar refractivity (Wildman–Crippen MR) is 56.7 cm³/mol. The Bertz CT molecular complexity index is 267. The Hall–Kier alpha value is -1.79. The van der Waals surface area contributed by atoms with Crippen molar-refractivity contribution in [3.8, 4) is 0 Å². The number of carbonyl (C=O) groups excluding carboxylic acids is 2. The standard InChI is InChI=1S/C9H17N3O4/c1-2-7(13)12-6(8(14)15)4-3-5-11-9(10)16/h6H,2-5H2,1H3,(H,12,13)(H,14,15)(H3,10,11,16)/t6-/m0/s1. The van der Waals surface area contributed by atoms with E-state index in [1.807, 2.05) is 0 Å². The van der Waals surface area contributed by atoms with Gasteiger partial charge in [-0.2, -0.15) is 0 Å². The van der Waals surface area contributed by atoms with Gasteiger partial charge in [-0.15, -0.1) is 0 Å². The van der Waals surface area contributed by atoms with Crippen molar-refractivity contribution in [1.82, 2.24) is 10.6 Å². The zero-order valence-corrected chi connectivity index (χ0v) is 9.16. The molecule has 0 bridgehead atoms. The van der Waals surface area contributed by atoms with Crippen LogP contribution in [0.15, 0.2) is 0 Å². The SMILES string of the molecule is CCC(=O)N[C@@H](CCCNC(N)=O)C(=O)O. The highest BCUT2D eigenvalue weighted by atomic mass is 16.4. The minimum atomic E-state index is -1.08. The average molecular weight is 231 g/mol. The fourth-order valence-corrected chi connectivity index (χ4v) is 1.07. The van der Waals surface area contributed by atoms with Gasteiger partial charge in [-0.05, 0) is 12.8 Å². The van der Waals surface area contributed by atoms with Gasteiger partial charge in [-0.3, -0.25) is 4.79 Å². The van der Waals surface area contributed by atoms with Gasteiger partial charge in [0.15, 0.2) is 0 Å². The summed E-state index contributed by atoms with van der Waals surface area (Å²) in [4.78, 5) is 32.1. The van der Waals surface area contributed by atoms with Crippen LogP contribution in [0, 0.1) is 0 Å². The van der Waals surface area contributed by atoms with Crippen LogP contribution >= 0.6 is 0 Å². The van der Waals surface area contributed by atoms with Crippen molar-refractivity contribution >= 4 is 17.9 Å². The molecule has 0 rings (SSSR count). The van der Waals surface area contributed by atoms with Crippen molar-refractivity contribution in [3.63, 3.8) is 0 Å². The summed E-state index contributed by atoms with van der Waals surface area (Å²) in [5.74, 6) is -1.39. The molecule has 0 saturated carbocycles. The van der Waals surface area contributed by atoms with Gasteiger partial charge in [0.2, 0.25) is 5.91 Å². The summed E-state index contributed by atoms with van der Waals surface area (Å²) in [6.45, 7) is 1.93. The molecule has 0 spiro atoms. The van der Waals surface area contributed by atoms with E-state index in [0.717, 1.165) is 0 Å². The molecular weight excluding hydrogens is 214 g/mol. The first-order chi connectivity index (χ1) is 7.47. The third-order valence-electron chi connectivity index (χ3n) is 1.92. The van der Waals surface area contributed by atoms with Crippen LogP contribution in [0.2, 0.25) is 0 Å². The average Bonchev–Trinajstić information content (AvgIpc) is 2.21. The molecule has 92 valence electrons. The molecule has 0 aliphatic heterocycles. The lowest BCUT2D eigenvalue weighted by molar-refractivity contribution is -0.142. The Labute approximate surface area is 93.4 Å². The van der Waals surface area contributed by atoms with Crippen LogP contribution in [0.4, 0.5) is 4.79 Å². The molecule has 1 atom stereocenters. The van der Waals surface area contributed by atoms with E-state index in [4.69, 9.17) is 10.8 Å². The molecule has 5 N–H and O–H groups in total. The molecule has 0 fully saturated rings. The number of nitrogens with one attached hydrogen (secondary N) is 2. The van der Waals surface area contributed by atoms with Gasteiger partial charge in [-0.25, -0.2) is 9.59 Å². The van der Waals surface area contributed by atoms with Crippen molar-refractivity contribution in [3.05, 3.63) is 0 Å². The third kappa shape index (κ3) is 6.63. The van der Waals surface area contributed by atoms with Crippen molar-refractivity contribution < 1.29 is 19.5 Å². The van der Waals surface area contributed by atoms with Crippen LogP contribution < -0.4 is 16.4 Å². The fraction of sp³-hybridized carbons (Fsp3) is 0.667. The Morgan fingerprint density at radius 2 is 2.00 bits per heavy atom. The van der Waals surface area contributed by atoms with E-state index in [1.54, 1.807) is 6.92 Å². The van der Waals surface area contributed by atoms with Gasteiger partial charge in [-0.1, -0.05) is 6.92 Å². The van der Waals surface area contributed by atoms with E-state index < -0.39 is 18.0 Å². The summed E-state index contributed by atoms with van der Waals surface area (Å²) in [7, 11) is 0. The first kappa shape index (κ1) is 14.2. The van der Waals surface area contributed by atoms with Crippen LogP contribution in [0.25, 0.3) is 0 Å². The Morgan fingerprint density at radius 1 is 1.38 bits per heavy atom. The van der Waals surface area contributed by atoms with E-state index in [0.29, 0.717) is 13.0 Å². The van der Waals surface area contributed by atoms with Gasteiger partial charge in [0.25, 0.3) is 0 Å². The molecule has 0 unspecified atom stereocenters. The van der Waals surface area contributed by atoms with Gasteiger partial charge in [0.1, 0.15) is 6.04 Å². The van der Waals surface area contributed by atoms with Crippen molar-refractivity contribution in [2.75, 3.05) is 6.54 Å². The largest absolute Gasteiger partial charge is 0.480 e. The zero-order valence-electron chi connectivity index (χ0n) is 9.16. The van der Waals surface area contributed by atoms with Gasteiger partial charge in [0, 0.05) is 13.0 Å². The minimum Gasteiger partial charge on any atom is -0.480 e. The maximum Gasteiger partial charge on any atom is 0.326 e. The molecule has 0 radical (unpaired) electrons. The number of carboxylic acid groups (broad SMARTS) is 1. The Balaban J connectivity index is 3.90. The van der Waals surface area contributed by atoms with Crippen LogP contribution in [-0.2, 0) is 9.59 Å². The molecule has 16 heavy (non-hydrogen) atoms. The number of amides is 3. The lowest BCUT2D eigenvalue weighted by Gasteiger charge is -2.13. The maximum atomic E-state index is 11.0. The van der Waals surface area contributed by atoms with Gasteiger partial charge >= 0.3 is 12.0 Å². The fourth-order valence-electron chi connectivity index (χ4n) is 1.07. The van der Waals surface area contributed by atoms with Crippen molar-refractivity contribution in [2.45, 2.75) is 32.2 Å². The normalized spacial score (nSPS) is 11.6. The number of aliphatic carboxylic acids is 1. The highest BCUT2D eigenvalue weighted by Gasteiger charge is 2.18. The van der Waals surface area contributed by atoms with E-state index >= 15 is 0 Å². The molecular formula is C9H17N3O4. The van der Waals surface area contributed by atoms with Crippen LogP contribution in [-0.4, -0.2) is 35.6 Å². The molecule has 7 heteroatoms. The van der Waals surface area contributed by atoms with E-state index in [1.165, 1.54) is 0 Å². The second-order valence-corrected chi connectivity index (χ2v) is 3.25. The van der Waals surface area contributed by atoms with E-state index in [2.05, 4.69) is 10.6 Å². The lowest BCUT2D eigenvalue weighted by atomic mass is 10.1. The van der Waals surface area contributed by atoms with Crippen LogP contribution in [0.5, 0.6) is 0 Å². The highest BCUT2D eigenvalue weighted by molar-refractivity contribution is 5.83. The summed E-state index contributed by atoms with van der Waals surface area (Å²) in [5.41, 5.74) is 4.84. The monoisotopic (exact) mass is 231 g/mol. The molecule has 7 nitrogen and oxygen atoms in total. The van der Waals surface area contributed by atoms with Crippen LogP contribution in [0.3, 0.4) is 0 Å². The summed E-state index contributed by atoms with van der Waals surface area (Å²) in [5, 5.41) is 13.5. The first-order valence-corrected chi connectivity index (χ1v) is 5.02. The summed E-state index contributed by atoms with van der Waals surface area (Å²) in [6.07, 6.45) is 0.925. The molecule has 0 aromatic carbocycles. The van der Waals surface area contributed by atoms with Gasteiger partial charge in [0.05, 0.1) is 0 Å². The minimum absolute atomic E-state index is 0.239. The smallest absolute Gasteiger partial charge is 0.326 e. The molecule has 0 aliphatic carbocycles. The van der Waals surface area contributed by atoms with Gasteiger partial charge < -0.3 is 21.5 Å². The summed E-state index contributed by atoms with van der Waals surface area (Å²) in [6, 6.07) is -1.56. The number of hydrogen-bond donors (Lipinski definition) is 4. The van der Waals surface area contributed by atoms with Crippen molar-refractivity contribution in [1.29, 1.82) is 0 Å². The number of rotatable bonds is 7. The summed E-state index contributed by atoms with van der Waals surface area (Å²) < 4.78 is 0. The number of primary amides is 1. The predicted octanol–water partition coefficient (Wildman–Crippen LogP) is -0.586. The third-order valence-corrected chi connectivity index (χ3v) is 1.92. The Morgan fingerprint density at radius 3 is 2.44 bits per heavy atom. The number of urea groups is 1. The molecule has 0 aromatic heterocycles. The zero-order chi connectivity index (χ0) is 12.6. The Kier molecular flexibility index (Phi) is 6.66. The number of hydrogen-bond acceptors (Lipinski definition) is 3. The summed E-state index contributed by atoms with van der Waals surface area (Å²) >= 11 is 0. The molecule has 3 amide bonds.